The number of anilines is 2. The van der Waals surface area contributed by atoms with Gasteiger partial charge in [-0.15, -0.1) is 0 Å². The molecule has 2 aromatic carbocycles. The first-order valence-corrected chi connectivity index (χ1v) is 12.1. The Labute approximate surface area is 212 Å². The van der Waals surface area contributed by atoms with Gasteiger partial charge in [-0.25, -0.2) is 9.38 Å². The van der Waals surface area contributed by atoms with Crippen molar-refractivity contribution in [2.24, 2.45) is 10.9 Å². The highest BCUT2D eigenvalue weighted by atomic mass is 32.2. The van der Waals surface area contributed by atoms with E-state index in [2.05, 4.69) is 26.7 Å². The SMILES string of the molecule is CC1=NC(SCC(=O)Nc2ccc(F)cc2)=C(C#N)C(c2cccnc2)C1C(=O)Nc1ccccc1. The third-order valence-corrected chi connectivity index (χ3v) is 6.55. The van der Waals surface area contributed by atoms with Crippen molar-refractivity contribution in [1.82, 2.24) is 4.98 Å². The van der Waals surface area contributed by atoms with Gasteiger partial charge in [0.05, 0.1) is 23.3 Å². The highest BCUT2D eigenvalue weighted by Crippen LogP contribution is 2.42. The van der Waals surface area contributed by atoms with E-state index in [0.717, 1.165) is 11.8 Å². The van der Waals surface area contributed by atoms with Crippen molar-refractivity contribution < 1.29 is 14.0 Å². The quantitative estimate of drug-likeness (QED) is 0.468. The molecule has 0 fully saturated rings. The summed E-state index contributed by atoms with van der Waals surface area (Å²) in [5, 5.41) is 16.1. The molecule has 0 saturated carbocycles. The largest absolute Gasteiger partial charge is 0.325 e. The Kier molecular flexibility index (Phi) is 7.88. The monoisotopic (exact) mass is 499 g/mol. The van der Waals surface area contributed by atoms with Gasteiger partial charge in [-0.1, -0.05) is 36.0 Å². The Morgan fingerprint density at radius 1 is 1.03 bits per heavy atom. The topological polar surface area (TPSA) is 107 Å². The van der Waals surface area contributed by atoms with E-state index in [1.54, 1.807) is 37.5 Å². The summed E-state index contributed by atoms with van der Waals surface area (Å²) in [5.74, 6) is -2.39. The van der Waals surface area contributed by atoms with Crippen LogP contribution in [0.5, 0.6) is 0 Å². The number of allylic oxidation sites excluding steroid dienone is 1. The second-order valence-corrected chi connectivity index (χ2v) is 8.99. The minimum atomic E-state index is -0.735. The van der Waals surface area contributed by atoms with Crippen molar-refractivity contribution in [3.63, 3.8) is 0 Å². The number of thioether (sulfide) groups is 1. The molecule has 2 heterocycles. The molecule has 36 heavy (non-hydrogen) atoms. The number of hydrogen-bond donors (Lipinski definition) is 2. The Hall–Kier alpha value is -4.29. The van der Waals surface area contributed by atoms with E-state index in [9.17, 15) is 19.2 Å². The van der Waals surface area contributed by atoms with Crippen molar-refractivity contribution in [1.29, 1.82) is 5.26 Å². The number of para-hydroxylation sites is 1. The summed E-state index contributed by atoms with van der Waals surface area (Å²) >= 11 is 1.11. The van der Waals surface area contributed by atoms with Crippen LogP contribution < -0.4 is 10.6 Å². The first kappa shape index (κ1) is 24.8. The zero-order chi connectivity index (χ0) is 25.5. The maximum absolute atomic E-state index is 13.4. The maximum Gasteiger partial charge on any atom is 0.234 e. The van der Waals surface area contributed by atoms with Gasteiger partial charge in [0.15, 0.2) is 0 Å². The number of nitriles is 1. The van der Waals surface area contributed by atoms with Crippen LogP contribution in [0.3, 0.4) is 0 Å². The standard InChI is InChI=1S/C27H22FN5O2S/c1-17-24(26(35)33-20-7-3-2-4-8-20)25(18-6-5-13-30-15-18)22(14-29)27(31-17)36-16-23(34)32-21-11-9-19(28)10-12-21/h2-13,15,24-25H,16H2,1H3,(H,32,34)(H,33,35). The molecule has 2 amide bonds. The Morgan fingerprint density at radius 3 is 2.42 bits per heavy atom. The summed E-state index contributed by atoms with van der Waals surface area (Å²) in [7, 11) is 0. The number of benzene rings is 2. The number of nitrogens with one attached hydrogen (secondary N) is 2. The molecule has 4 rings (SSSR count). The molecule has 1 aliphatic rings. The molecule has 3 aromatic rings. The minimum Gasteiger partial charge on any atom is -0.325 e. The van der Waals surface area contributed by atoms with Crippen molar-refractivity contribution in [3.8, 4) is 6.07 Å². The molecule has 180 valence electrons. The van der Waals surface area contributed by atoms with Crippen LogP contribution in [-0.2, 0) is 9.59 Å². The molecule has 0 spiro atoms. The van der Waals surface area contributed by atoms with Crippen LogP contribution in [0.25, 0.3) is 0 Å². The van der Waals surface area contributed by atoms with E-state index < -0.39 is 17.7 Å². The molecule has 7 nitrogen and oxygen atoms in total. The highest BCUT2D eigenvalue weighted by molar-refractivity contribution is 8.03. The van der Waals surface area contributed by atoms with Crippen LogP contribution in [-0.4, -0.2) is 28.3 Å². The third-order valence-electron chi connectivity index (χ3n) is 5.56. The van der Waals surface area contributed by atoms with Crippen molar-refractivity contribution in [2.45, 2.75) is 12.8 Å². The van der Waals surface area contributed by atoms with Gasteiger partial charge in [-0.2, -0.15) is 5.26 Å². The predicted octanol–water partition coefficient (Wildman–Crippen LogP) is 5.14. The van der Waals surface area contributed by atoms with Gasteiger partial charge >= 0.3 is 0 Å². The maximum atomic E-state index is 13.4. The lowest BCUT2D eigenvalue weighted by Gasteiger charge is -2.30. The highest BCUT2D eigenvalue weighted by Gasteiger charge is 2.39. The lowest BCUT2D eigenvalue weighted by atomic mass is 9.77. The first-order chi connectivity index (χ1) is 17.5. The van der Waals surface area contributed by atoms with Gasteiger partial charge in [-0.05, 0) is 55.0 Å². The van der Waals surface area contributed by atoms with E-state index >= 15 is 0 Å². The van der Waals surface area contributed by atoms with Crippen molar-refractivity contribution in [3.05, 3.63) is 101 Å². The molecule has 2 atom stereocenters. The Morgan fingerprint density at radius 2 is 1.75 bits per heavy atom. The minimum absolute atomic E-state index is 0.0185. The fourth-order valence-corrected chi connectivity index (χ4v) is 4.80. The fraction of sp³-hybridized carbons (Fsp3) is 0.148. The number of halogens is 1. The van der Waals surface area contributed by atoms with E-state index in [4.69, 9.17) is 0 Å². The second-order valence-electron chi connectivity index (χ2n) is 8.02. The zero-order valence-electron chi connectivity index (χ0n) is 19.3. The molecule has 9 heteroatoms. The number of hydrogen-bond acceptors (Lipinski definition) is 6. The molecule has 0 bridgehead atoms. The lowest BCUT2D eigenvalue weighted by Crippen LogP contribution is -2.36. The average Bonchev–Trinajstić information content (AvgIpc) is 2.89. The Bertz CT molecular complexity index is 1350. The van der Waals surface area contributed by atoms with Crippen LogP contribution in [0, 0.1) is 23.1 Å². The summed E-state index contributed by atoms with van der Waals surface area (Å²) in [6.07, 6.45) is 3.25. The molecule has 1 aromatic heterocycles. The normalized spacial score (nSPS) is 17.1. The van der Waals surface area contributed by atoms with E-state index in [0.29, 0.717) is 33.3 Å². The van der Waals surface area contributed by atoms with Crippen LogP contribution >= 0.6 is 11.8 Å². The molecule has 0 saturated heterocycles. The second kappa shape index (κ2) is 11.4. The lowest BCUT2D eigenvalue weighted by molar-refractivity contribution is -0.118. The fourth-order valence-electron chi connectivity index (χ4n) is 3.92. The molecule has 2 N–H and O–H groups in total. The number of amides is 2. The molecule has 1 aliphatic heterocycles. The first-order valence-electron chi connectivity index (χ1n) is 11.1. The number of pyridine rings is 1. The van der Waals surface area contributed by atoms with E-state index in [-0.39, 0.29) is 17.6 Å². The van der Waals surface area contributed by atoms with Crippen molar-refractivity contribution in [2.75, 3.05) is 16.4 Å². The number of aliphatic imine (C=N–C) groups is 1. The van der Waals surface area contributed by atoms with Crippen LogP contribution in [0.15, 0.2) is 94.7 Å². The number of carbonyl (C=O) groups is 2. The van der Waals surface area contributed by atoms with Gasteiger partial charge in [-0.3, -0.25) is 14.6 Å². The summed E-state index contributed by atoms with van der Waals surface area (Å²) < 4.78 is 13.1. The predicted molar refractivity (Wildman–Crippen MR) is 139 cm³/mol. The molecule has 0 aliphatic carbocycles. The van der Waals surface area contributed by atoms with E-state index in [1.807, 2.05) is 24.3 Å². The van der Waals surface area contributed by atoms with Crippen LogP contribution in [0.1, 0.15) is 18.4 Å². The summed E-state index contributed by atoms with van der Waals surface area (Å²) in [6.45, 7) is 1.74. The van der Waals surface area contributed by atoms with E-state index in [1.165, 1.54) is 24.3 Å². The number of aromatic nitrogens is 1. The number of rotatable bonds is 7. The van der Waals surface area contributed by atoms with Gasteiger partial charge in [0.2, 0.25) is 11.8 Å². The van der Waals surface area contributed by atoms with Gasteiger partial charge < -0.3 is 10.6 Å². The summed E-state index contributed by atoms with van der Waals surface area (Å²) in [5.41, 5.74) is 2.62. The number of nitrogens with zero attached hydrogens (tertiary/aromatic N) is 3. The van der Waals surface area contributed by atoms with Gasteiger partial charge in [0.1, 0.15) is 10.8 Å². The smallest absolute Gasteiger partial charge is 0.234 e. The van der Waals surface area contributed by atoms with Crippen LogP contribution in [0.4, 0.5) is 15.8 Å². The van der Waals surface area contributed by atoms with Gasteiger partial charge in [0.25, 0.3) is 0 Å². The zero-order valence-corrected chi connectivity index (χ0v) is 20.1. The van der Waals surface area contributed by atoms with Gasteiger partial charge in [0, 0.05) is 35.4 Å². The molecular formula is C27H22FN5O2S. The Balaban J connectivity index is 1.60. The molecular weight excluding hydrogens is 477 g/mol. The molecule has 0 radical (unpaired) electrons. The summed E-state index contributed by atoms with van der Waals surface area (Å²) in [6, 6.07) is 20.3. The van der Waals surface area contributed by atoms with Crippen LogP contribution in [0.2, 0.25) is 0 Å². The van der Waals surface area contributed by atoms with Crippen molar-refractivity contribution >= 4 is 40.7 Å². The average molecular weight is 500 g/mol. The molecule has 2 unspecified atom stereocenters. The summed E-state index contributed by atoms with van der Waals surface area (Å²) in [4.78, 5) is 34.6. The third kappa shape index (κ3) is 5.85. The number of carbonyl (C=O) groups excluding carboxylic acids is 2.